The molecule has 0 spiro atoms. The van der Waals surface area contributed by atoms with E-state index in [4.69, 9.17) is 18.9 Å². The summed E-state index contributed by atoms with van der Waals surface area (Å²) < 4.78 is 22.4. The van der Waals surface area contributed by atoms with Gasteiger partial charge in [-0.3, -0.25) is 9.59 Å². The van der Waals surface area contributed by atoms with Crippen molar-refractivity contribution in [3.05, 3.63) is 59.7 Å². The van der Waals surface area contributed by atoms with Crippen LogP contribution in [0.1, 0.15) is 15.9 Å². The number of ketones is 2. The largest absolute Gasteiger partial charge is 0.497 e. The third-order valence-electron chi connectivity index (χ3n) is 7.10. The van der Waals surface area contributed by atoms with Crippen molar-refractivity contribution in [3.63, 3.8) is 0 Å². The van der Waals surface area contributed by atoms with Crippen molar-refractivity contribution in [3.8, 4) is 11.5 Å². The van der Waals surface area contributed by atoms with E-state index in [1.54, 1.807) is 25.3 Å². The predicted octanol–water partition coefficient (Wildman–Crippen LogP) is 2.73. The number of hydrogen-bond donors (Lipinski definition) is 0. The van der Waals surface area contributed by atoms with Gasteiger partial charge in [0.25, 0.3) is 0 Å². The molecule has 7 heteroatoms. The Hall–Kier alpha value is -3.16. The molecule has 6 atom stereocenters. The second-order valence-electron chi connectivity index (χ2n) is 8.54. The number of carbonyl (C=O) groups is 2. The summed E-state index contributed by atoms with van der Waals surface area (Å²) in [5.41, 5.74) is 2.43. The highest BCUT2D eigenvalue weighted by Gasteiger charge is 2.63. The molecule has 0 aliphatic carbocycles. The Kier molecular flexibility index (Phi) is 4.38. The van der Waals surface area contributed by atoms with Crippen molar-refractivity contribution < 1.29 is 28.5 Å². The SMILES string of the molecule is COc1ccc(C(=O)[C@@H]2[C@H]3[C@H](C(=O)[C@H]4OC[C@H]3O4)[C@H]3C=Cc4ccccc4N32)c(OC)c1. The molecule has 0 amide bonds. The minimum absolute atomic E-state index is 0.0835. The number of rotatable bonds is 4. The molecule has 32 heavy (non-hydrogen) atoms. The van der Waals surface area contributed by atoms with Gasteiger partial charge in [-0.1, -0.05) is 30.4 Å². The van der Waals surface area contributed by atoms with Gasteiger partial charge < -0.3 is 23.8 Å². The van der Waals surface area contributed by atoms with E-state index in [9.17, 15) is 9.59 Å². The van der Waals surface area contributed by atoms with E-state index in [1.165, 1.54) is 7.11 Å². The first-order valence-corrected chi connectivity index (χ1v) is 10.7. The van der Waals surface area contributed by atoms with Gasteiger partial charge in [0, 0.05) is 17.7 Å². The van der Waals surface area contributed by atoms with Gasteiger partial charge in [-0.15, -0.1) is 0 Å². The highest BCUT2D eigenvalue weighted by molar-refractivity contribution is 6.07. The van der Waals surface area contributed by atoms with Gasteiger partial charge in [0.1, 0.15) is 11.5 Å². The van der Waals surface area contributed by atoms with Crippen LogP contribution in [0.15, 0.2) is 48.5 Å². The molecule has 4 aliphatic heterocycles. The topological polar surface area (TPSA) is 74.3 Å². The number of para-hydroxylation sites is 1. The zero-order valence-corrected chi connectivity index (χ0v) is 17.8. The fourth-order valence-electron chi connectivity index (χ4n) is 5.74. The molecule has 6 rings (SSSR count). The van der Waals surface area contributed by atoms with Crippen molar-refractivity contribution in [1.82, 2.24) is 0 Å². The van der Waals surface area contributed by atoms with Crippen LogP contribution in [-0.4, -0.2) is 56.9 Å². The highest BCUT2D eigenvalue weighted by Crippen LogP contribution is 2.51. The Bertz CT molecular complexity index is 1140. The highest BCUT2D eigenvalue weighted by atomic mass is 16.7. The summed E-state index contributed by atoms with van der Waals surface area (Å²) in [6, 6.07) is 12.3. The van der Waals surface area contributed by atoms with Gasteiger partial charge in [0.2, 0.25) is 6.29 Å². The smallest absolute Gasteiger partial charge is 0.218 e. The zero-order valence-electron chi connectivity index (χ0n) is 17.8. The van der Waals surface area contributed by atoms with E-state index in [-0.39, 0.29) is 35.5 Å². The summed E-state index contributed by atoms with van der Waals surface area (Å²) in [6.45, 7) is 0.313. The molecule has 0 unspecified atom stereocenters. The molecular weight excluding hydrogens is 410 g/mol. The lowest BCUT2D eigenvalue weighted by atomic mass is 9.77. The Balaban J connectivity index is 1.51. The van der Waals surface area contributed by atoms with E-state index in [1.807, 2.05) is 36.4 Å². The summed E-state index contributed by atoms with van der Waals surface area (Å²) >= 11 is 0. The maximum atomic E-state index is 14.1. The number of fused-ring (bicyclic) bond motifs is 8. The first-order valence-electron chi connectivity index (χ1n) is 10.7. The van der Waals surface area contributed by atoms with Crippen LogP contribution in [0.4, 0.5) is 5.69 Å². The standard InChI is InChI=1S/C25H23NO6/c1-29-14-8-9-15(18(11-14)30-2)23(27)22-21-19-12-31-25(32-19)24(28)20(21)17-10-7-13-5-3-4-6-16(13)26(17)22/h3-11,17,19-22,25H,12H2,1-2H3/t17-,19-,20-,21-,22+,25+/m1/s1. The van der Waals surface area contributed by atoms with E-state index >= 15 is 0 Å². The molecule has 0 radical (unpaired) electrons. The summed E-state index contributed by atoms with van der Waals surface area (Å²) in [4.78, 5) is 29.5. The maximum Gasteiger partial charge on any atom is 0.218 e. The monoisotopic (exact) mass is 433 g/mol. The lowest BCUT2D eigenvalue weighted by Crippen LogP contribution is -2.48. The van der Waals surface area contributed by atoms with Gasteiger partial charge >= 0.3 is 0 Å². The van der Waals surface area contributed by atoms with Gasteiger partial charge in [-0.25, -0.2) is 0 Å². The first-order chi connectivity index (χ1) is 15.6. The summed E-state index contributed by atoms with van der Waals surface area (Å²) in [7, 11) is 3.11. The number of Topliss-reactive ketones (excluding diaryl/α,β-unsaturated/α-hetero) is 2. The van der Waals surface area contributed by atoms with Crippen molar-refractivity contribution in [2.75, 3.05) is 25.7 Å². The Morgan fingerprint density at radius 2 is 1.97 bits per heavy atom. The van der Waals surface area contributed by atoms with E-state index in [0.717, 1.165) is 11.3 Å². The Morgan fingerprint density at radius 1 is 1.12 bits per heavy atom. The molecule has 164 valence electrons. The molecule has 2 aromatic carbocycles. The molecule has 3 saturated heterocycles. The number of anilines is 1. The normalized spacial score (nSPS) is 31.7. The number of methoxy groups -OCH3 is 2. The lowest BCUT2D eigenvalue weighted by Gasteiger charge is -2.35. The number of benzene rings is 2. The molecule has 2 bridgehead atoms. The second kappa shape index (κ2) is 7.18. The van der Waals surface area contributed by atoms with Gasteiger partial charge in [0.05, 0.1) is 50.5 Å². The number of hydrogen-bond acceptors (Lipinski definition) is 7. The molecule has 7 nitrogen and oxygen atoms in total. The quantitative estimate of drug-likeness (QED) is 0.687. The van der Waals surface area contributed by atoms with E-state index in [0.29, 0.717) is 23.7 Å². The van der Waals surface area contributed by atoms with Crippen LogP contribution in [0.2, 0.25) is 0 Å². The van der Waals surface area contributed by atoms with Crippen LogP contribution in [0, 0.1) is 11.8 Å². The number of carbonyl (C=O) groups excluding carboxylic acids is 2. The van der Waals surface area contributed by atoms with Crippen LogP contribution in [0.5, 0.6) is 11.5 Å². The van der Waals surface area contributed by atoms with Crippen LogP contribution in [0.25, 0.3) is 6.08 Å². The minimum Gasteiger partial charge on any atom is -0.497 e. The molecule has 0 N–H and O–H groups in total. The molecule has 4 aliphatic rings. The average molecular weight is 433 g/mol. The molecule has 4 heterocycles. The van der Waals surface area contributed by atoms with Crippen molar-refractivity contribution in [2.24, 2.45) is 11.8 Å². The third-order valence-corrected chi connectivity index (χ3v) is 7.10. The van der Waals surface area contributed by atoms with Crippen molar-refractivity contribution >= 4 is 23.3 Å². The summed E-state index contributed by atoms with van der Waals surface area (Å²) in [6.07, 6.45) is 2.94. The second-order valence-corrected chi connectivity index (χ2v) is 8.54. The Labute approximate surface area is 185 Å². The molecule has 0 aromatic heterocycles. The lowest BCUT2D eigenvalue weighted by molar-refractivity contribution is -0.163. The minimum atomic E-state index is -0.835. The maximum absolute atomic E-state index is 14.1. The summed E-state index contributed by atoms with van der Waals surface area (Å²) in [5, 5.41) is 0. The van der Waals surface area contributed by atoms with E-state index in [2.05, 4.69) is 4.90 Å². The first kappa shape index (κ1) is 19.5. The van der Waals surface area contributed by atoms with Crippen LogP contribution < -0.4 is 14.4 Å². The fraction of sp³-hybridized carbons (Fsp3) is 0.360. The van der Waals surface area contributed by atoms with Gasteiger partial charge in [0.15, 0.2) is 11.6 Å². The Morgan fingerprint density at radius 3 is 2.78 bits per heavy atom. The zero-order chi connectivity index (χ0) is 22.0. The fourth-order valence-corrected chi connectivity index (χ4v) is 5.74. The van der Waals surface area contributed by atoms with Crippen LogP contribution in [0.3, 0.4) is 0 Å². The van der Waals surface area contributed by atoms with Crippen LogP contribution in [-0.2, 0) is 14.3 Å². The molecule has 3 fully saturated rings. The van der Waals surface area contributed by atoms with Gasteiger partial charge in [-0.05, 0) is 23.8 Å². The third kappa shape index (κ3) is 2.61. The van der Waals surface area contributed by atoms with Crippen molar-refractivity contribution in [1.29, 1.82) is 0 Å². The number of nitrogens with zero attached hydrogens (tertiary/aromatic N) is 1. The molecule has 0 saturated carbocycles. The van der Waals surface area contributed by atoms with Gasteiger partial charge in [-0.2, -0.15) is 0 Å². The van der Waals surface area contributed by atoms with E-state index < -0.39 is 12.3 Å². The number of ether oxygens (including phenoxy) is 4. The van der Waals surface area contributed by atoms with Crippen molar-refractivity contribution in [2.45, 2.75) is 24.5 Å². The molecular formula is C25H23NO6. The predicted molar refractivity (Wildman–Crippen MR) is 116 cm³/mol. The summed E-state index contributed by atoms with van der Waals surface area (Å²) in [5.74, 6) is 0.174. The van der Waals surface area contributed by atoms with Crippen LogP contribution >= 0.6 is 0 Å². The average Bonchev–Trinajstić information content (AvgIpc) is 3.43. The molecule has 2 aromatic rings.